The zero-order valence-electron chi connectivity index (χ0n) is 10.4. The number of benzene rings is 1. The first-order valence-electron chi connectivity index (χ1n) is 5.69. The molecule has 0 radical (unpaired) electrons. The Hall–Kier alpha value is -1.76. The number of alkyl halides is 3. The van der Waals surface area contributed by atoms with Crippen LogP contribution in [0.3, 0.4) is 0 Å². The van der Waals surface area contributed by atoms with Crippen LogP contribution in [0.1, 0.15) is 18.9 Å². The van der Waals surface area contributed by atoms with E-state index >= 15 is 0 Å². The number of rotatable bonds is 5. The van der Waals surface area contributed by atoms with Crippen LogP contribution in [0.5, 0.6) is 0 Å². The average Bonchev–Trinajstić information content (AvgIpc) is 2.30. The molecule has 1 aromatic carbocycles. The second-order valence-electron chi connectivity index (χ2n) is 3.80. The number of hydrogen-bond donors (Lipinski definition) is 2. The minimum absolute atomic E-state index is 0.00445. The molecule has 0 aliphatic heterocycles. The molecule has 19 heavy (non-hydrogen) atoms. The number of nitrogens with one attached hydrogen (secondary N) is 1. The van der Waals surface area contributed by atoms with E-state index < -0.39 is 17.6 Å². The van der Waals surface area contributed by atoms with Gasteiger partial charge in [0.1, 0.15) is 0 Å². The smallest absolute Gasteiger partial charge is 0.399 e. The maximum atomic E-state index is 12.8. The topological polar surface area (TPSA) is 64.3 Å². The first kappa shape index (κ1) is 15.3. The molecule has 1 amide bonds. The molecule has 7 heteroatoms. The Kier molecular flexibility index (Phi) is 5.17. The summed E-state index contributed by atoms with van der Waals surface area (Å²) >= 11 is 0. The minimum atomic E-state index is -4.57. The van der Waals surface area contributed by atoms with Crippen LogP contribution in [0.15, 0.2) is 18.2 Å². The lowest BCUT2D eigenvalue weighted by Crippen LogP contribution is -2.18. The molecular weight excluding hydrogens is 261 g/mol. The SMILES string of the molecule is CCOCCC(=O)Nc1ccc(N)cc1C(F)(F)F. The van der Waals surface area contributed by atoms with E-state index in [0.29, 0.717) is 6.61 Å². The molecule has 0 atom stereocenters. The van der Waals surface area contributed by atoms with Gasteiger partial charge < -0.3 is 15.8 Å². The molecule has 0 bridgehead atoms. The summed E-state index contributed by atoms with van der Waals surface area (Å²) in [5.74, 6) is -0.538. The monoisotopic (exact) mass is 276 g/mol. The number of carbonyl (C=O) groups is 1. The van der Waals surface area contributed by atoms with Crippen molar-refractivity contribution in [3.8, 4) is 0 Å². The summed E-state index contributed by atoms with van der Waals surface area (Å²) < 4.78 is 43.2. The van der Waals surface area contributed by atoms with Crippen molar-refractivity contribution in [2.75, 3.05) is 24.3 Å². The molecule has 0 spiro atoms. The van der Waals surface area contributed by atoms with Crippen LogP contribution in [-0.4, -0.2) is 19.1 Å². The Morgan fingerprint density at radius 3 is 2.68 bits per heavy atom. The highest BCUT2D eigenvalue weighted by Gasteiger charge is 2.34. The van der Waals surface area contributed by atoms with Crippen LogP contribution in [0, 0.1) is 0 Å². The third kappa shape index (κ3) is 4.78. The Morgan fingerprint density at radius 2 is 2.11 bits per heavy atom. The van der Waals surface area contributed by atoms with Gasteiger partial charge in [0.15, 0.2) is 0 Å². The normalized spacial score (nSPS) is 11.4. The molecule has 3 N–H and O–H groups in total. The summed E-state index contributed by atoms with van der Waals surface area (Å²) in [6.07, 6.45) is -4.58. The highest BCUT2D eigenvalue weighted by molar-refractivity contribution is 5.92. The molecule has 0 fully saturated rings. The number of nitrogen functional groups attached to an aromatic ring is 1. The van der Waals surface area contributed by atoms with Gasteiger partial charge in [-0.3, -0.25) is 4.79 Å². The second kappa shape index (κ2) is 6.42. The zero-order chi connectivity index (χ0) is 14.5. The average molecular weight is 276 g/mol. The molecule has 0 aliphatic rings. The van der Waals surface area contributed by atoms with Crippen molar-refractivity contribution in [1.29, 1.82) is 0 Å². The van der Waals surface area contributed by atoms with Crippen molar-refractivity contribution in [1.82, 2.24) is 0 Å². The number of ether oxygens (including phenoxy) is 1. The van der Waals surface area contributed by atoms with E-state index in [4.69, 9.17) is 10.5 Å². The molecular formula is C12H15F3N2O2. The van der Waals surface area contributed by atoms with Crippen LogP contribution in [0.25, 0.3) is 0 Å². The quantitative estimate of drug-likeness (QED) is 0.642. The summed E-state index contributed by atoms with van der Waals surface area (Å²) in [5, 5.41) is 2.21. The van der Waals surface area contributed by atoms with E-state index in [0.717, 1.165) is 12.1 Å². The number of carbonyl (C=O) groups excluding carboxylic acids is 1. The van der Waals surface area contributed by atoms with Crippen LogP contribution >= 0.6 is 0 Å². The molecule has 106 valence electrons. The lowest BCUT2D eigenvalue weighted by Gasteiger charge is -2.14. The Labute approximate surface area is 108 Å². The predicted octanol–water partition coefficient (Wildman–Crippen LogP) is 2.65. The third-order valence-corrected chi connectivity index (χ3v) is 2.30. The summed E-state index contributed by atoms with van der Waals surface area (Å²) in [4.78, 5) is 11.5. The summed E-state index contributed by atoms with van der Waals surface area (Å²) in [6, 6.07) is 3.22. The summed E-state index contributed by atoms with van der Waals surface area (Å²) in [6.45, 7) is 2.38. The van der Waals surface area contributed by atoms with E-state index in [1.165, 1.54) is 6.07 Å². The maximum absolute atomic E-state index is 12.8. The third-order valence-electron chi connectivity index (χ3n) is 2.30. The van der Waals surface area contributed by atoms with E-state index in [2.05, 4.69) is 5.32 Å². The van der Waals surface area contributed by atoms with Crippen LogP contribution in [0.4, 0.5) is 24.5 Å². The molecule has 0 saturated carbocycles. The van der Waals surface area contributed by atoms with E-state index in [1.54, 1.807) is 6.92 Å². The minimum Gasteiger partial charge on any atom is -0.399 e. The lowest BCUT2D eigenvalue weighted by molar-refractivity contribution is -0.136. The Balaban J connectivity index is 2.80. The highest BCUT2D eigenvalue weighted by atomic mass is 19.4. The largest absolute Gasteiger partial charge is 0.418 e. The predicted molar refractivity (Wildman–Crippen MR) is 65.6 cm³/mol. The van der Waals surface area contributed by atoms with Crippen molar-refractivity contribution in [3.63, 3.8) is 0 Å². The first-order valence-corrected chi connectivity index (χ1v) is 5.69. The van der Waals surface area contributed by atoms with Crippen LogP contribution in [0.2, 0.25) is 0 Å². The fourth-order valence-electron chi connectivity index (χ4n) is 1.43. The Morgan fingerprint density at radius 1 is 1.42 bits per heavy atom. The molecule has 1 aromatic rings. The molecule has 0 unspecified atom stereocenters. The van der Waals surface area contributed by atoms with Crippen molar-refractivity contribution < 1.29 is 22.7 Å². The van der Waals surface area contributed by atoms with Gasteiger partial charge in [-0.2, -0.15) is 13.2 Å². The van der Waals surface area contributed by atoms with E-state index in [-0.39, 0.29) is 24.4 Å². The molecule has 0 saturated heterocycles. The summed E-state index contributed by atoms with van der Waals surface area (Å²) in [7, 11) is 0. The van der Waals surface area contributed by atoms with Gasteiger partial charge in [0.25, 0.3) is 0 Å². The van der Waals surface area contributed by atoms with Crippen molar-refractivity contribution in [3.05, 3.63) is 23.8 Å². The fraction of sp³-hybridized carbons (Fsp3) is 0.417. The number of nitrogens with two attached hydrogens (primary N) is 1. The van der Waals surface area contributed by atoms with E-state index in [9.17, 15) is 18.0 Å². The van der Waals surface area contributed by atoms with Gasteiger partial charge in [0.2, 0.25) is 5.91 Å². The van der Waals surface area contributed by atoms with Gasteiger partial charge in [-0.25, -0.2) is 0 Å². The van der Waals surface area contributed by atoms with Crippen molar-refractivity contribution in [2.24, 2.45) is 0 Å². The van der Waals surface area contributed by atoms with Crippen LogP contribution < -0.4 is 11.1 Å². The van der Waals surface area contributed by atoms with E-state index in [1.807, 2.05) is 0 Å². The van der Waals surface area contributed by atoms with Crippen molar-refractivity contribution in [2.45, 2.75) is 19.5 Å². The van der Waals surface area contributed by atoms with Crippen LogP contribution in [-0.2, 0) is 15.7 Å². The Bertz CT molecular complexity index is 447. The number of halogens is 3. The van der Waals surface area contributed by atoms with Gasteiger partial charge in [-0.15, -0.1) is 0 Å². The zero-order valence-corrected chi connectivity index (χ0v) is 10.4. The van der Waals surface area contributed by atoms with Gasteiger partial charge in [0.05, 0.1) is 24.3 Å². The fourth-order valence-corrected chi connectivity index (χ4v) is 1.43. The van der Waals surface area contributed by atoms with Gasteiger partial charge in [0, 0.05) is 12.3 Å². The van der Waals surface area contributed by atoms with Gasteiger partial charge in [-0.05, 0) is 25.1 Å². The highest BCUT2D eigenvalue weighted by Crippen LogP contribution is 2.36. The first-order chi connectivity index (χ1) is 8.84. The number of amides is 1. The standard InChI is InChI=1S/C12H15F3N2O2/c1-2-19-6-5-11(18)17-10-4-3-8(16)7-9(10)12(13,14)15/h3-4,7H,2,5-6,16H2,1H3,(H,17,18). The molecule has 4 nitrogen and oxygen atoms in total. The second-order valence-corrected chi connectivity index (χ2v) is 3.80. The van der Waals surface area contributed by atoms with Gasteiger partial charge in [-0.1, -0.05) is 0 Å². The lowest BCUT2D eigenvalue weighted by atomic mass is 10.1. The van der Waals surface area contributed by atoms with Gasteiger partial charge >= 0.3 is 6.18 Å². The molecule has 1 rings (SSSR count). The number of anilines is 2. The maximum Gasteiger partial charge on any atom is 0.418 e. The summed E-state index contributed by atoms with van der Waals surface area (Å²) in [5.41, 5.74) is 4.04. The molecule has 0 aromatic heterocycles. The van der Waals surface area contributed by atoms with Crippen molar-refractivity contribution >= 4 is 17.3 Å². The molecule has 0 aliphatic carbocycles. The molecule has 0 heterocycles. The number of hydrogen-bond acceptors (Lipinski definition) is 3.